The van der Waals surface area contributed by atoms with E-state index in [-0.39, 0.29) is 11.4 Å². The highest BCUT2D eigenvalue weighted by Crippen LogP contribution is 2.35. The Morgan fingerprint density at radius 3 is 2.67 bits per heavy atom. The second-order valence-corrected chi connectivity index (χ2v) is 3.59. The van der Waals surface area contributed by atoms with Gasteiger partial charge in [0.15, 0.2) is 5.44 Å². The molecule has 1 fully saturated rings. The van der Waals surface area contributed by atoms with Crippen LogP contribution >= 0.6 is 11.8 Å². The minimum absolute atomic E-state index is 0.0845. The second kappa shape index (κ2) is 3.19. The molecule has 1 aliphatic heterocycles. The first kappa shape index (κ1) is 7.68. The molecule has 1 saturated heterocycles. The van der Waals surface area contributed by atoms with Gasteiger partial charge in [-0.15, -0.1) is 11.8 Å². The van der Waals surface area contributed by atoms with Gasteiger partial charge < -0.3 is 4.74 Å². The molecule has 1 atom stereocenters. The van der Waals surface area contributed by atoms with Gasteiger partial charge in [0.05, 0.1) is 5.75 Å². The van der Waals surface area contributed by atoms with E-state index in [0.717, 1.165) is 5.56 Å². The lowest BCUT2D eigenvalue weighted by atomic mass is 10.2. The van der Waals surface area contributed by atoms with Crippen molar-refractivity contribution in [1.82, 2.24) is 0 Å². The Hall–Kier alpha value is -0.960. The molecule has 0 radical (unpaired) electrons. The van der Waals surface area contributed by atoms with E-state index in [1.807, 2.05) is 30.3 Å². The Balaban J connectivity index is 2.16. The third kappa shape index (κ3) is 1.46. The molecule has 1 aromatic rings. The van der Waals surface area contributed by atoms with Gasteiger partial charge in [0.25, 0.3) is 0 Å². The van der Waals surface area contributed by atoms with Crippen LogP contribution in [0.15, 0.2) is 30.3 Å². The summed E-state index contributed by atoms with van der Waals surface area (Å²) in [6, 6.07) is 9.78. The van der Waals surface area contributed by atoms with Crippen molar-refractivity contribution < 1.29 is 9.53 Å². The lowest BCUT2D eigenvalue weighted by molar-refractivity contribution is -0.140. The average molecular weight is 180 g/mol. The number of hydrogen-bond acceptors (Lipinski definition) is 3. The zero-order chi connectivity index (χ0) is 8.39. The van der Waals surface area contributed by atoms with E-state index in [1.165, 1.54) is 11.8 Å². The fraction of sp³-hybridized carbons (Fsp3) is 0.222. The third-order valence-corrected chi connectivity index (χ3v) is 2.74. The number of hydrogen-bond donors (Lipinski definition) is 0. The Labute approximate surface area is 74.9 Å². The standard InChI is InChI=1S/C9H8O2S/c10-8-6-12-9(11-8)7-4-2-1-3-5-7/h1-5,9H,6H2/t9-/m1/s1. The monoisotopic (exact) mass is 180 g/mol. The summed E-state index contributed by atoms with van der Waals surface area (Å²) in [5, 5.41) is 0. The molecule has 2 nitrogen and oxygen atoms in total. The van der Waals surface area contributed by atoms with Gasteiger partial charge in [-0.05, 0) is 0 Å². The first-order valence-electron chi connectivity index (χ1n) is 3.72. The molecule has 62 valence electrons. The summed E-state index contributed by atoms with van der Waals surface area (Å²) in [6.45, 7) is 0. The molecule has 1 aromatic carbocycles. The Bertz CT molecular complexity index is 284. The predicted octanol–water partition coefficient (Wildman–Crippen LogP) is 1.98. The van der Waals surface area contributed by atoms with Crippen molar-refractivity contribution in [3.05, 3.63) is 35.9 Å². The Morgan fingerprint density at radius 1 is 1.33 bits per heavy atom. The predicted molar refractivity (Wildman–Crippen MR) is 47.7 cm³/mol. The SMILES string of the molecule is O=C1CS[C@H](c2ccccc2)O1. The first-order valence-corrected chi connectivity index (χ1v) is 4.77. The summed E-state index contributed by atoms with van der Waals surface area (Å²) in [7, 11) is 0. The van der Waals surface area contributed by atoms with E-state index in [9.17, 15) is 4.79 Å². The molecule has 3 heteroatoms. The lowest BCUT2D eigenvalue weighted by Gasteiger charge is -2.06. The largest absolute Gasteiger partial charge is 0.446 e. The fourth-order valence-corrected chi connectivity index (χ4v) is 1.99. The number of rotatable bonds is 1. The van der Waals surface area contributed by atoms with E-state index in [0.29, 0.717) is 5.75 Å². The van der Waals surface area contributed by atoms with E-state index in [2.05, 4.69) is 0 Å². The lowest BCUT2D eigenvalue weighted by Crippen LogP contribution is -1.98. The minimum Gasteiger partial charge on any atom is -0.446 e. The molecule has 2 rings (SSSR count). The van der Waals surface area contributed by atoms with Gasteiger partial charge in [0, 0.05) is 5.56 Å². The highest BCUT2D eigenvalue weighted by Gasteiger charge is 2.24. The van der Waals surface area contributed by atoms with Crippen LogP contribution in [0.4, 0.5) is 0 Å². The molecule has 0 amide bonds. The number of cyclic esters (lactones) is 1. The second-order valence-electron chi connectivity index (χ2n) is 2.54. The van der Waals surface area contributed by atoms with Crippen molar-refractivity contribution in [2.24, 2.45) is 0 Å². The van der Waals surface area contributed by atoms with Crippen molar-refractivity contribution in [3.8, 4) is 0 Å². The summed E-state index contributed by atoms with van der Waals surface area (Å²) < 4.78 is 5.07. The van der Waals surface area contributed by atoms with Crippen LogP contribution in [-0.4, -0.2) is 11.7 Å². The number of benzene rings is 1. The zero-order valence-electron chi connectivity index (χ0n) is 6.40. The number of carbonyl (C=O) groups is 1. The van der Waals surface area contributed by atoms with E-state index in [4.69, 9.17) is 4.74 Å². The van der Waals surface area contributed by atoms with Crippen LogP contribution in [-0.2, 0) is 9.53 Å². The van der Waals surface area contributed by atoms with Crippen LogP contribution in [0.3, 0.4) is 0 Å². The quantitative estimate of drug-likeness (QED) is 0.618. The first-order chi connectivity index (χ1) is 5.86. The molecular formula is C9H8O2S. The van der Waals surface area contributed by atoms with Gasteiger partial charge in [0.1, 0.15) is 0 Å². The molecule has 0 saturated carbocycles. The summed E-state index contributed by atoms with van der Waals surface area (Å²) in [6.07, 6.45) is 0. The maximum atomic E-state index is 10.8. The molecular weight excluding hydrogens is 172 g/mol. The van der Waals surface area contributed by atoms with Gasteiger partial charge in [-0.1, -0.05) is 30.3 Å². The fourth-order valence-electron chi connectivity index (χ4n) is 1.11. The summed E-state index contributed by atoms with van der Waals surface area (Å²) in [5.74, 6) is 0.355. The van der Waals surface area contributed by atoms with Crippen LogP contribution in [0.5, 0.6) is 0 Å². The third-order valence-electron chi connectivity index (χ3n) is 1.66. The normalized spacial score (nSPS) is 22.3. The van der Waals surface area contributed by atoms with Crippen molar-refractivity contribution in [2.45, 2.75) is 5.44 Å². The molecule has 1 heterocycles. The van der Waals surface area contributed by atoms with Crippen LogP contribution in [0.1, 0.15) is 11.0 Å². The van der Waals surface area contributed by atoms with Gasteiger partial charge in [-0.25, -0.2) is 0 Å². The van der Waals surface area contributed by atoms with Gasteiger partial charge in [0.2, 0.25) is 0 Å². The molecule has 0 unspecified atom stereocenters. The molecule has 0 aromatic heterocycles. The maximum absolute atomic E-state index is 10.8. The number of ether oxygens (including phenoxy) is 1. The van der Waals surface area contributed by atoms with Crippen LogP contribution in [0, 0.1) is 0 Å². The molecule has 1 aliphatic rings. The molecule has 0 aliphatic carbocycles. The zero-order valence-corrected chi connectivity index (χ0v) is 7.21. The molecule has 0 N–H and O–H groups in total. The van der Waals surface area contributed by atoms with E-state index in [1.54, 1.807) is 0 Å². The van der Waals surface area contributed by atoms with Gasteiger partial charge in [-0.3, -0.25) is 4.79 Å². The van der Waals surface area contributed by atoms with E-state index >= 15 is 0 Å². The highest BCUT2D eigenvalue weighted by molar-refractivity contribution is 8.00. The van der Waals surface area contributed by atoms with Gasteiger partial charge >= 0.3 is 5.97 Å². The molecule has 12 heavy (non-hydrogen) atoms. The van der Waals surface area contributed by atoms with Crippen LogP contribution < -0.4 is 0 Å². The van der Waals surface area contributed by atoms with Crippen LogP contribution in [0.25, 0.3) is 0 Å². The maximum Gasteiger partial charge on any atom is 0.317 e. The van der Waals surface area contributed by atoms with Gasteiger partial charge in [-0.2, -0.15) is 0 Å². The van der Waals surface area contributed by atoms with Crippen molar-refractivity contribution >= 4 is 17.7 Å². The Kier molecular flexibility index (Phi) is 2.04. The van der Waals surface area contributed by atoms with Crippen molar-refractivity contribution in [2.75, 3.05) is 5.75 Å². The van der Waals surface area contributed by atoms with Crippen LogP contribution in [0.2, 0.25) is 0 Å². The number of thioether (sulfide) groups is 1. The van der Waals surface area contributed by atoms with Crippen molar-refractivity contribution in [3.63, 3.8) is 0 Å². The topological polar surface area (TPSA) is 26.3 Å². The molecule has 0 spiro atoms. The minimum atomic E-state index is -0.117. The smallest absolute Gasteiger partial charge is 0.317 e. The van der Waals surface area contributed by atoms with E-state index < -0.39 is 0 Å². The molecule has 0 bridgehead atoms. The van der Waals surface area contributed by atoms with Crippen molar-refractivity contribution in [1.29, 1.82) is 0 Å². The highest BCUT2D eigenvalue weighted by atomic mass is 32.2. The Morgan fingerprint density at radius 2 is 2.08 bits per heavy atom. The number of esters is 1. The summed E-state index contributed by atoms with van der Waals surface area (Å²) >= 11 is 1.53. The average Bonchev–Trinajstić information content (AvgIpc) is 2.54. The number of carbonyl (C=O) groups excluding carboxylic acids is 1. The summed E-state index contributed by atoms with van der Waals surface area (Å²) in [5.41, 5.74) is 0.979. The summed E-state index contributed by atoms with van der Waals surface area (Å²) in [4.78, 5) is 10.8.